The van der Waals surface area contributed by atoms with Gasteiger partial charge in [-0.3, -0.25) is 0 Å². The van der Waals surface area contributed by atoms with Crippen LogP contribution >= 0.6 is 0 Å². The first kappa shape index (κ1) is 13.4. The lowest BCUT2D eigenvalue weighted by molar-refractivity contribution is 0.246. The molecule has 0 amide bonds. The molecule has 1 aromatic carbocycles. The van der Waals surface area contributed by atoms with Gasteiger partial charge in [0.05, 0.1) is 6.10 Å². The highest BCUT2D eigenvalue weighted by Gasteiger charge is 2.30. The molecular formula is C17H24O. The van der Waals surface area contributed by atoms with Gasteiger partial charge in [0, 0.05) is 0 Å². The van der Waals surface area contributed by atoms with Crippen LogP contribution in [0.3, 0.4) is 0 Å². The molecule has 0 heterocycles. The lowest BCUT2D eigenvalue weighted by Gasteiger charge is -2.36. The molecule has 1 aliphatic rings. The summed E-state index contributed by atoms with van der Waals surface area (Å²) >= 11 is 0. The van der Waals surface area contributed by atoms with E-state index in [1.165, 1.54) is 30.4 Å². The summed E-state index contributed by atoms with van der Waals surface area (Å²) in [5, 5.41) is 10.2. The van der Waals surface area contributed by atoms with Gasteiger partial charge in [-0.25, -0.2) is 0 Å². The number of hydrogen-bond donors (Lipinski definition) is 1. The Bertz CT molecular complexity index is 426. The van der Waals surface area contributed by atoms with E-state index in [0.29, 0.717) is 0 Å². The van der Waals surface area contributed by atoms with Crippen molar-refractivity contribution in [3.63, 3.8) is 0 Å². The van der Waals surface area contributed by atoms with Crippen LogP contribution in [0.2, 0.25) is 0 Å². The van der Waals surface area contributed by atoms with Gasteiger partial charge < -0.3 is 5.11 Å². The van der Waals surface area contributed by atoms with Crippen LogP contribution < -0.4 is 0 Å². The second kappa shape index (κ2) is 5.27. The van der Waals surface area contributed by atoms with E-state index in [-0.39, 0.29) is 11.5 Å². The smallest absolute Gasteiger partial charge is 0.0767 e. The first-order valence-electron chi connectivity index (χ1n) is 6.99. The van der Waals surface area contributed by atoms with Gasteiger partial charge in [-0.15, -0.1) is 0 Å². The molecule has 1 aliphatic carbocycles. The third-order valence-electron chi connectivity index (χ3n) is 4.12. The molecule has 1 unspecified atom stereocenters. The van der Waals surface area contributed by atoms with Crippen LogP contribution in [0.4, 0.5) is 0 Å². The Morgan fingerprint density at radius 2 is 1.83 bits per heavy atom. The van der Waals surface area contributed by atoms with Gasteiger partial charge in [0.2, 0.25) is 0 Å². The summed E-state index contributed by atoms with van der Waals surface area (Å²) < 4.78 is 0. The van der Waals surface area contributed by atoms with Crippen LogP contribution in [0.25, 0.3) is 5.57 Å². The van der Waals surface area contributed by atoms with Gasteiger partial charge in [0.25, 0.3) is 0 Å². The van der Waals surface area contributed by atoms with Crippen molar-refractivity contribution in [2.24, 2.45) is 5.41 Å². The van der Waals surface area contributed by atoms with E-state index in [1.807, 2.05) is 25.1 Å². The van der Waals surface area contributed by atoms with E-state index in [1.54, 1.807) is 0 Å². The highest BCUT2D eigenvalue weighted by molar-refractivity contribution is 5.72. The summed E-state index contributed by atoms with van der Waals surface area (Å²) in [6.07, 6.45) is 4.52. The molecule has 0 spiro atoms. The second-order valence-corrected chi connectivity index (χ2v) is 6.03. The zero-order valence-corrected chi connectivity index (χ0v) is 11.7. The van der Waals surface area contributed by atoms with Gasteiger partial charge in [-0.05, 0) is 42.7 Å². The lowest BCUT2D eigenvalue weighted by atomic mass is 9.70. The Kier molecular flexibility index (Phi) is 3.91. The quantitative estimate of drug-likeness (QED) is 0.816. The van der Waals surface area contributed by atoms with Crippen LogP contribution in [0.1, 0.15) is 52.0 Å². The van der Waals surface area contributed by atoms with E-state index < -0.39 is 0 Å². The van der Waals surface area contributed by atoms with Crippen LogP contribution in [-0.4, -0.2) is 11.2 Å². The molecule has 18 heavy (non-hydrogen) atoms. The molecule has 2 rings (SSSR count). The van der Waals surface area contributed by atoms with Gasteiger partial charge in [-0.2, -0.15) is 0 Å². The second-order valence-electron chi connectivity index (χ2n) is 6.03. The maximum Gasteiger partial charge on any atom is 0.0767 e. The van der Waals surface area contributed by atoms with Crippen LogP contribution in [0, 0.1) is 5.41 Å². The number of allylic oxidation sites excluding steroid dienone is 1. The van der Waals surface area contributed by atoms with Crippen molar-refractivity contribution in [1.29, 1.82) is 0 Å². The topological polar surface area (TPSA) is 20.2 Å². The summed E-state index contributed by atoms with van der Waals surface area (Å²) in [5.41, 5.74) is 4.01. The molecule has 0 aliphatic heterocycles. The molecule has 1 saturated carbocycles. The largest absolute Gasteiger partial charge is 0.389 e. The Morgan fingerprint density at radius 1 is 1.17 bits per heavy atom. The molecule has 0 radical (unpaired) electrons. The molecule has 0 aromatic heterocycles. The van der Waals surface area contributed by atoms with Crippen LogP contribution in [0.15, 0.2) is 35.9 Å². The third-order valence-corrected chi connectivity index (χ3v) is 4.12. The standard InChI is InChI=1S/C17H24O/c1-13(18)16(14-9-5-4-6-10-14)15-11-7-8-12-17(15,2)3/h4-6,9-10,13,18H,7-8,11-12H2,1-3H3/b16-15+. The molecule has 0 saturated heterocycles. The van der Waals surface area contributed by atoms with E-state index in [9.17, 15) is 5.11 Å². The maximum atomic E-state index is 10.2. The number of aliphatic hydroxyl groups is 1. The fourth-order valence-electron chi connectivity index (χ4n) is 3.14. The van der Waals surface area contributed by atoms with E-state index in [0.717, 1.165) is 12.0 Å². The lowest BCUT2D eigenvalue weighted by Crippen LogP contribution is -2.23. The summed E-state index contributed by atoms with van der Waals surface area (Å²) in [6, 6.07) is 10.3. The van der Waals surface area contributed by atoms with Crippen molar-refractivity contribution >= 4 is 5.57 Å². The average Bonchev–Trinajstić information content (AvgIpc) is 2.32. The maximum absolute atomic E-state index is 10.2. The Hall–Kier alpha value is -1.08. The minimum atomic E-state index is -0.389. The van der Waals surface area contributed by atoms with Crippen LogP contribution in [-0.2, 0) is 0 Å². The molecule has 0 bridgehead atoms. The highest BCUT2D eigenvalue weighted by atomic mass is 16.3. The molecular weight excluding hydrogens is 220 g/mol. The van der Waals surface area contributed by atoms with Crippen molar-refractivity contribution in [2.75, 3.05) is 0 Å². The normalized spacial score (nSPS) is 23.6. The molecule has 1 atom stereocenters. The van der Waals surface area contributed by atoms with E-state index in [4.69, 9.17) is 0 Å². The summed E-state index contributed by atoms with van der Waals surface area (Å²) in [4.78, 5) is 0. The van der Waals surface area contributed by atoms with Crippen molar-refractivity contribution < 1.29 is 5.11 Å². The third kappa shape index (κ3) is 2.67. The fourth-order valence-corrected chi connectivity index (χ4v) is 3.14. The van der Waals surface area contributed by atoms with Crippen molar-refractivity contribution in [1.82, 2.24) is 0 Å². The summed E-state index contributed by atoms with van der Waals surface area (Å²) in [6.45, 7) is 6.51. The van der Waals surface area contributed by atoms with E-state index >= 15 is 0 Å². The van der Waals surface area contributed by atoms with Crippen molar-refractivity contribution in [2.45, 2.75) is 52.6 Å². The van der Waals surface area contributed by atoms with E-state index in [2.05, 4.69) is 26.0 Å². The molecule has 1 aromatic rings. The van der Waals surface area contributed by atoms with Crippen molar-refractivity contribution in [3.8, 4) is 0 Å². The first-order valence-corrected chi connectivity index (χ1v) is 6.99. The summed E-state index contributed by atoms with van der Waals surface area (Å²) in [5.74, 6) is 0. The Balaban J connectivity index is 2.52. The zero-order chi connectivity index (χ0) is 13.2. The molecule has 98 valence electrons. The first-order chi connectivity index (χ1) is 8.52. The number of hydrogen-bond acceptors (Lipinski definition) is 1. The Morgan fingerprint density at radius 3 is 2.39 bits per heavy atom. The molecule has 1 N–H and O–H groups in total. The minimum Gasteiger partial charge on any atom is -0.389 e. The zero-order valence-electron chi connectivity index (χ0n) is 11.7. The van der Waals surface area contributed by atoms with Gasteiger partial charge in [0.1, 0.15) is 0 Å². The Labute approximate surface area is 111 Å². The molecule has 1 nitrogen and oxygen atoms in total. The molecule has 1 heteroatoms. The van der Waals surface area contributed by atoms with Gasteiger partial charge in [-0.1, -0.05) is 56.2 Å². The number of aliphatic hydroxyl groups excluding tert-OH is 1. The highest BCUT2D eigenvalue weighted by Crippen LogP contribution is 2.44. The monoisotopic (exact) mass is 244 g/mol. The predicted octanol–water partition coefficient (Wildman–Crippen LogP) is 4.42. The number of benzene rings is 1. The average molecular weight is 244 g/mol. The fraction of sp³-hybridized carbons (Fsp3) is 0.529. The summed E-state index contributed by atoms with van der Waals surface area (Å²) in [7, 11) is 0. The number of rotatable bonds is 2. The minimum absolute atomic E-state index is 0.223. The van der Waals surface area contributed by atoms with Gasteiger partial charge >= 0.3 is 0 Å². The predicted molar refractivity (Wildman–Crippen MR) is 77.3 cm³/mol. The van der Waals surface area contributed by atoms with Crippen molar-refractivity contribution in [3.05, 3.63) is 41.5 Å². The van der Waals surface area contributed by atoms with Gasteiger partial charge in [0.15, 0.2) is 0 Å². The van der Waals surface area contributed by atoms with Crippen LogP contribution in [0.5, 0.6) is 0 Å². The SMILES string of the molecule is CC(O)/C(=C1/CCCCC1(C)C)c1ccccc1. The molecule has 1 fully saturated rings.